The fraction of sp³-hybridized carbons (Fsp3) is 0.714. The van der Waals surface area contributed by atoms with Crippen LogP contribution >= 0.6 is 0 Å². The molecule has 0 saturated carbocycles. The second kappa shape index (κ2) is 9.46. The highest BCUT2D eigenvalue weighted by molar-refractivity contribution is 7.91. The normalized spacial score (nSPS) is 24.4. The quantitative estimate of drug-likeness (QED) is 0.629. The van der Waals surface area contributed by atoms with Gasteiger partial charge in [-0.3, -0.25) is 0 Å². The van der Waals surface area contributed by atoms with E-state index in [2.05, 4.69) is 6.92 Å². The van der Waals surface area contributed by atoms with Gasteiger partial charge in [0.2, 0.25) is 0 Å². The summed E-state index contributed by atoms with van der Waals surface area (Å²) in [5.74, 6) is 0.849. The lowest BCUT2D eigenvalue weighted by Gasteiger charge is -2.41. The van der Waals surface area contributed by atoms with Crippen LogP contribution in [0.3, 0.4) is 0 Å². The second-order valence-corrected chi connectivity index (χ2v) is 9.37. The minimum absolute atomic E-state index is 0.101. The minimum Gasteiger partial charge on any atom is -0.490 e. The van der Waals surface area contributed by atoms with Crippen LogP contribution in [0.15, 0.2) is 17.0 Å². The van der Waals surface area contributed by atoms with E-state index in [4.69, 9.17) is 9.47 Å². The topological polar surface area (TPSA) is 76.1 Å². The zero-order chi connectivity index (χ0) is 20.9. The first-order valence-electron chi connectivity index (χ1n) is 10.4. The molecule has 0 saturated heterocycles. The highest BCUT2D eigenvalue weighted by Gasteiger charge is 2.47. The fourth-order valence-corrected chi connectivity index (χ4v) is 6.29. The van der Waals surface area contributed by atoms with Gasteiger partial charge in [-0.15, -0.1) is 0 Å². The lowest BCUT2D eigenvalue weighted by Crippen LogP contribution is -2.51. The zero-order valence-electron chi connectivity index (χ0n) is 17.8. The molecule has 0 amide bonds. The molecular weight excluding hydrogens is 378 g/mol. The van der Waals surface area contributed by atoms with Crippen molar-refractivity contribution in [2.75, 3.05) is 19.0 Å². The molecule has 0 radical (unpaired) electrons. The molecule has 1 aliphatic rings. The fourth-order valence-electron chi connectivity index (χ4n) is 4.11. The van der Waals surface area contributed by atoms with Crippen molar-refractivity contribution < 1.29 is 23.1 Å². The van der Waals surface area contributed by atoms with Crippen LogP contribution in [0.4, 0.5) is 0 Å². The van der Waals surface area contributed by atoms with Crippen molar-refractivity contribution in [1.29, 1.82) is 0 Å². The molecule has 2 unspecified atom stereocenters. The van der Waals surface area contributed by atoms with Gasteiger partial charge in [-0.1, -0.05) is 33.6 Å². The molecule has 1 N–H and O–H groups in total. The Labute approximate surface area is 169 Å². The van der Waals surface area contributed by atoms with Crippen molar-refractivity contribution in [3.05, 3.63) is 17.7 Å². The lowest BCUT2D eigenvalue weighted by molar-refractivity contribution is -0.203. The van der Waals surface area contributed by atoms with E-state index in [1.807, 2.05) is 27.7 Å². The van der Waals surface area contributed by atoms with E-state index in [9.17, 15) is 13.6 Å². The zero-order valence-corrected chi connectivity index (χ0v) is 18.6. The van der Waals surface area contributed by atoms with E-state index < -0.39 is 21.4 Å². The van der Waals surface area contributed by atoms with Gasteiger partial charge in [0.25, 0.3) is 0 Å². The molecule has 1 aromatic rings. The van der Waals surface area contributed by atoms with E-state index in [1.54, 1.807) is 12.1 Å². The summed E-state index contributed by atoms with van der Waals surface area (Å²) >= 11 is 0. The van der Waals surface area contributed by atoms with Crippen LogP contribution in [0, 0.1) is 0 Å². The van der Waals surface area contributed by atoms with E-state index in [0.29, 0.717) is 49.5 Å². The number of nitrogens with zero attached hydrogens (tertiary/aromatic N) is 1. The maximum absolute atomic E-state index is 13.4. The van der Waals surface area contributed by atoms with E-state index in [-0.39, 0.29) is 10.6 Å². The van der Waals surface area contributed by atoms with Crippen molar-refractivity contribution in [2.45, 2.75) is 83.2 Å². The molecule has 0 fully saturated rings. The first kappa shape index (κ1) is 23.0. The third kappa shape index (κ3) is 4.31. The van der Waals surface area contributed by atoms with Crippen molar-refractivity contribution >= 4 is 9.84 Å². The molecule has 0 aliphatic carbocycles. The van der Waals surface area contributed by atoms with Crippen LogP contribution < -0.4 is 9.47 Å². The number of rotatable bonds is 9. The number of hydrogen-bond acceptors (Lipinski definition) is 6. The summed E-state index contributed by atoms with van der Waals surface area (Å²) in [7, 11) is -3.61. The van der Waals surface area contributed by atoms with Crippen LogP contribution in [0.5, 0.6) is 11.5 Å². The van der Waals surface area contributed by atoms with Gasteiger partial charge in [0.05, 0.1) is 35.4 Å². The number of sulfone groups is 1. The summed E-state index contributed by atoms with van der Waals surface area (Å²) in [4.78, 5) is 0.247. The average molecular weight is 414 g/mol. The van der Waals surface area contributed by atoms with Crippen molar-refractivity contribution in [3.63, 3.8) is 0 Å². The van der Waals surface area contributed by atoms with Gasteiger partial charge in [0, 0.05) is 6.07 Å². The van der Waals surface area contributed by atoms with Crippen molar-refractivity contribution in [1.82, 2.24) is 5.06 Å². The molecule has 6 nitrogen and oxygen atoms in total. The SMILES string of the molecule is CCCCC1(CC)CS(=O)(=O)c2cc(OCC)c(OCC)cc2C(CC)N1O. The van der Waals surface area contributed by atoms with Crippen molar-refractivity contribution in [3.8, 4) is 11.5 Å². The Balaban J connectivity index is 2.71. The summed E-state index contributed by atoms with van der Waals surface area (Å²) in [5.41, 5.74) is -0.213. The molecule has 1 heterocycles. The Morgan fingerprint density at radius 2 is 1.71 bits per heavy atom. The van der Waals surface area contributed by atoms with Gasteiger partial charge < -0.3 is 14.7 Å². The first-order valence-corrected chi connectivity index (χ1v) is 12.1. The molecule has 2 atom stereocenters. The van der Waals surface area contributed by atoms with Crippen LogP contribution in [-0.2, 0) is 9.84 Å². The maximum Gasteiger partial charge on any atom is 0.180 e. The highest BCUT2D eigenvalue weighted by Crippen LogP contribution is 2.45. The molecule has 28 heavy (non-hydrogen) atoms. The standard InChI is InChI=1S/C21H35NO5S/c1-6-11-12-21(8-3)15-28(24,25)20-14-19(27-10-5)18(26-9-4)13-16(20)17(7-2)22(21)23/h13-14,17,23H,6-12,15H2,1-5H3. The predicted octanol–water partition coefficient (Wildman–Crippen LogP) is 4.75. The van der Waals surface area contributed by atoms with Crippen molar-refractivity contribution in [2.24, 2.45) is 0 Å². The van der Waals surface area contributed by atoms with E-state index >= 15 is 0 Å². The second-order valence-electron chi connectivity index (χ2n) is 7.41. The maximum atomic E-state index is 13.4. The predicted molar refractivity (Wildman–Crippen MR) is 110 cm³/mol. The Kier molecular flexibility index (Phi) is 7.76. The van der Waals surface area contributed by atoms with Crippen LogP contribution in [0.25, 0.3) is 0 Å². The number of fused-ring (bicyclic) bond motifs is 1. The lowest BCUT2D eigenvalue weighted by atomic mass is 9.88. The van der Waals surface area contributed by atoms with Crippen LogP contribution in [-0.4, -0.2) is 43.2 Å². The minimum atomic E-state index is -3.61. The molecule has 7 heteroatoms. The van der Waals surface area contributed by atoms with Gasteiger partial charge in [-0.25, -0.2) is 8.42 Å². The van der Waals surface area contributed by atoms with Crippen LogP contribution in [0.2, 0.25) is 0 Å². The van der Waals surface area contributed by atoms with Gasteiger partial charge in [-0.05, 0) is 44.7 Å². The number of benzene rings is 1. The molecule has 2 rings (SSSR count). The number of ether oxygens (including phenoxy) is 2. The Morgan fingerprint density at radius 1 is 1.11 bits per heavy atom. The van der Waals surface area contributed by atoms with E-state index in [1.165, 1.54) is 5.06 Å². The molecule has 0 aromatic heterocycles. The van der Waals surface area contributed by atoms with Gasteiger partial charge in [-0.2, -0.15) is 5.06 Å². The Bertz CT molecular complexity index is 764. The monoisotopic (exact) mass is 413 g/mol. The number of unbranched alkanes of at least 4 members (excludes halogenated alkanes) is 1. The van der Waals surface area contributed by atoms with Gasteiger partial charge in [0.15, 0.2) is 21.3 Å². The van der Waals surface area contributed by atoms with Crippen LogP contribution in [0.1, 0.15) is 78.3 Å². The van der Waals surface area contributed by atoms with Gasteiger partial charge in [0.1, 0.15) is 0 Å². The molecule has 160 valence electrons. The highest BCUT2D eigenvalue weighted by atomic mass is 32.2. The van der Waals surface area contributed by atoms with E-state index in [0.717, 1.165) is 12.8 Å². The number of hydroxylamine groups is 2. The van der Waals surface area contributed by atoms with Gasteiger partial charge >= 0.3 is 0 Å². The first-order chi connectivity index (χ1) is 13.3. The third-order valence-electron chi connectivity index (χ3n) is 5.65. The number of hydrogen-bond donors (Lipinski definition) is 1. The summed E-state index contributed by atoms with van der Waals surface area (Å²) in [6, 6.07) is 2.91. The molecule has 0 bridgehead atoms. The Morgan fingerprint density at radius 3 is 2.21 bits per heavy atom. The molecule has 0 spiro atoms. The largest absolute Gasteiger partial charge is 0.490 e. The summed E-state index contributed by atoms with van der Waals surface area (Å²) in [6.07, 6.45) is 3.59. The summed E-state index contributed by atoms with van der Waals surface area (Å²) < 4.78 is 38.2. The summed E-state index contributed by atoms with van der Waals surface area (Å²) in [5, 5.41) is 12.6. The third-order valence-corrected chi connectivity index (χ3v) is 7.59. The Hall–Kier alpha value is -1.31. The molecule has 1 aromatic carbocycles. The smallest absolute Gasteiger partial charge is 0.180 e. The average Bonchev–Trinajstić information content (AvgIpc) is 2.73. The summed E-state index contributed by atoms with van der Waals surface area (Å²) in [6.45, 7) is 10.6. The molecular formula is C21H35NO5S. The molecule has 1 aliphatic heterocycles.